The zero-order valence-electron chi connectivity index (χ0n) is 10.8. The van der Waals surface area contributed by atoms with Gasteiger partial charge in [-0.1, -0.05) is 12.1 Å². The van der Waals surface area contributed by atoms with Gasteiger partial charge in [-0.25, -0.2) is 5.10 Å². The molecular weight excluding hydrogens is 238 g/mol. The number of rotatable bonds is 2. The van der Waals surface area contributed by atoms with E-state index in [9.17, 15) is 4.79 Å². The maximum Gasteiger partial charge on any atom is 0.267 e. The maximum absolute atomic E-state index is 11.8. The van der Waals surface area contributed by atoms with Gasteiger partial charge >= 0.3 is 0 Å². The molecule has 2 aromatic rings. The molecule has 4 nitrogen and oxygen atoms in total. The molecule has 1 aromatic heterocycles. The van der Waals surface area contributed by atoms with Crippen LogP contribution in [0.4, 0.5) is 5.69 Å². The summed E-state index contributed by atoms with van der Waals surface area (Å²) < 4.78 is 0. The molecule has 0 amide bonds. The number of aromatic amines is 1. The molecule has 0 radical (unpaired) electrons. The molecule has 1 aliphatic carbocycles. The molecule has 3 rings (SSSR count). The Morgan fingerprint density at radius 2 is 1.79 bits per heavy atom. The molecule has 0 unspecified atom stereocenters. The highest BCUT2D eigenvalue weighted by atomic mass is 16.1. The molecule has 4 heteroatoms. The smallest absolute Gasteiger partial charge is 0.267 e. The second kappa shape index (κ2) is 4.88. The van der Waals surface area contributed by atoms with Gasteiger partial charge in [0.15, 0.2) is 0 Å². The van der Waals surface area contributed by atoms with Crippen LogP contribution in [0.3, 0.4) is 0 Å². The van der Waals surface area contributed by atoms with E-state index in [0.717, 1.165) is 54.6 Å². The van der Waals surface area contributed by atoms with Crippen LogP contribution in [-0.4, -0.2) is 10.2 Å². The van der Waals surface area contributed by atoms with Crippen LogP contribution in [0.15, 0.2) is 29.1 Å². The second-order valence-corrected chi connectivity index (χ2v) is 5.08. The van der Waals surface area contributed by atoms with E-state index < -0.39 is 0 Å². The normalized spacial score (nSPS) is 14.1. The Kier molecular flexibility index (Phi) is 3.07. The average Bonchev–Trinajstić information content (AvgIpc) is 2.45. The summed E-state index contributed by atoms with van der Waals surface area (Å²) in [6.45, 7) is 0. The number of H-pyrrole nitrogens is 1. The van der Waals surface area contributed by atoms with Gasteiger partial charge in [-0.15, -0.1) is 0 Å². The van der Waals surface area contributed by atoms with Gasteiger partial charge in [-0.3, -0.25) is 4.79 Å². The highest BCUT2D eigenvalue weighted by Crippen LogP contribution is 2.22. The van der Waals surface area contributed by atoms with E-state index >= 15 is 0 Å². The van der Waals surface area contributed by atoms with Crippen LogP contribution in [0.5, 0.6) is 0 Å². The molecule has 98 valence electrons. The number of nitrogen functional groups attached to an aromatic ring is 1. The summed E-state index contributed by atoms with van der Waals surface area (Å²) >= 11 is 0. The quantitative estimate of drug-likeness (QED) is 0.804. The van der Waals surface area contributed by atoms with Crippen LogP contribution < -0.4 is 11.3 Å². The first kappa shape index (κ1) is 12.0. The SMILES string of the molecule is Nc1ccc(Cc2n[nH]c(=O)c3c2CCCC3)cc1. The fraction of sp³-hybridized carbons (Fsp3) is 0.333. The molecule has 0 aliphatic heterocycles. The second-order valence-electron chi connectivity index (χ2n) is 5.08. The third kappa shape index (κ3) is 2.38. The van der Waals surface area contributed by atoms with Gasteiger partial charge in [0.25, 0.3) is 5.56 Å². The molecule has 3 N–H and O–H groups in total. The molecular formula is C15H17N3O. The van der Waals surface area contributed by atoms with Crippen LogP contribution in [0.2, 0.25) is 0 Å². The summed E-state index contributed by atoms with van der Waals surface area (Å²) in [4.78, 5) is 11.8. The van der Waals surface area contributed by atoms with Gasteiger partial charge in [0.05, 0.1) is 5.69 Å². The van der Waals surface area contributed by atoms with Crippen molar-refractivity contribution in [3.05, 3.63) is 57.0 Å². The highest BCUT2D eigenvalue weighted by molar-refractivity contribution is 5.41. The van der Waals surface area contributed by atoms with Crippen LogP contribution in [-0.2, 0) is 19.3 Å². The predicted molar refractivity (Wildman–Crippen MR) is 75.2 cm³/mol. The number of nitrogens with two attached hydrogens (primary N) is 1. The number of hydrogen-bond acceptors (Lipinski definition) is 3. The highest BCUT2D eigenvalue weighted by Gasteiger charge is 2.17. The summed E-state index contributed by atoms with van der Waals surface area (Å²) in [5.74, 6) is 0. The van der Waals surface area contributed by atoms with Gasteiger partial charge in [0.1, 0.15) is 0 Å². The van der Waals surface area contributed by atoms with E-state index in [0.29, 0.717) is 0 Å². The first-order valence-corrected chi connectivity index (χ1v) is 6.68. The lowest BCUT2D eigenvalue weighted by Gasteiger charge is -2.17. The monoisotopic (exact) mass is 255 g/mol. The first-order chi connectivity index (χ1) is 9.24. The lowest BCUT2D eigenvalue weighted by Crippen LogP contribution is -2.23. The van der Waals surface area contributed by atoms with Gasteiger partial charge in [-0.2, -0.15) is 5.10 Å². The van der Waals surface area contributed by atoms with Crippen molar-refractivity contribution in [1.82, 2.24) is 10.2 Å². The molecule has 1 aromatic carbocycles. The van der Waals surface area contributed by atoms with E-state index in [4.69, 9.17) is 5.73 Å². The third-order valence-corrected chi connectivity index (χ3v) is 3.73. The fourth-order valence-electron chi connectivity index (χ4n) is 2.70. The summed E-state index contributed by atoms with van der Waals surface area (Å²) in [6, 6.07) is 7.82. The number of nitrogens with zero attached hydrogens (tertiary/aromatic N) is 1. The minimum atomic E-state index is -0.0178. The third-order valence-electron chi connectivity index (χ3n) is 3.73. The number of aromatic nitrogens is 2. The van der Waals surface area contributed by atoms with E-state index in [-0.39, 0.29) is 5.56 Å². The van der Waals surface area contributed by atoms with Gasteiger partial charge in [0, 0.05) is 17.7 Å². The summed E-state index contributed by atoms with van der Waals surface area (Å²) in [6.07, 6.45) is 4.84. The molecule has 0 bridgehead atoms. The van der Waals surface area contributed by atoms with Gasteiger partial charge < -0.3 is 5.73 Å². The van der Waals surface area contributed by atoms with Crippen LogP contribution in [0.25, 0.3) is 0 Å². The van der Waals surface area contributed by atoms with Crippen molar-refractivity contribution in [3.63, 3.8) is 0 Å². The zero-order chi connectivity index (χ0) is 13.2. The van der Waals surface area contributed by atoms with Crippen molar-refractivity contribution in [2.75, 3.05) is 5.73 Å². The van der Waals surface area contributed by atoms with E-state index in [1.807, 2.05) is 24.3 Å². The van der Waals surface area contributed by atoms with Crippen LogP contribution >= 0.6 is 0 Å². The minimum absolute atomic E-state index is 0.0178. The van der Waals surface area contributed by atoms with Crippen LogP contribution in [0.1, 0.15) is 35.2 Å². The van der Waals surface area contributed by atoms with Crippen molar-refractivity contribution in [3.8, 4) is 0 Å². The fourth-order valence-corrected chi connectivity index (χ4v) is 2.70. The van der Waals surface area contributed by atoms with E-state index in [1.54, 1.807) is 0 Å². The summed E-state index contributed by atoms with van der Waals surface area (Å²) in [7, 11) is 0. The Balaban J connectivity index is 1.97. The average molecular weight is 255 g/mol. The number of anilines is 1. The Bertz CT molecular complexity index is 643. The molecule has 0 saturated heterocycles. The van der Waals surface area contributed by atoms with Crippen molar-refractivity contribution in [2.45, 2.75) is 32.1 Å². The van der Waals surface area contributed by atoms with Gasteiger partial charge in [-0.05, 0) is 48.9 Å². The van der Waals surface area contributed by atoms with Gasteiger partial charge in [0.2, 0.25) is 0 Å². The number of benzene rings is 1. The van der Waals surface area contributed by atoms with E-state index in [2.05, 4.69) is 10.2 Å². The molecule has 0 fully saturated rings. The summed E-state index contributed by atoms with van der Waals surface area (Å²) in [5, 5.41) is 6.87. The largest absolute Gasteiger partial charge is 0.399 e. The molecule has 1 aliphatic rings. The molecule has 0 atom stereocenters. The first-order valence-electron chi connectivity index (χ1n) is 6.68. The Morgan fingerprint density at radius 3 is 2.53 bits per heavy atom. The van der Waals surface area contributed by atoms with Crippen molar-refractivity contribution in [2.24, 2.45) is 0 Å². The number of fused-ring (bicyclic) bond motifs is 1. The zero-order valence-corrected chi connectivity index (χ0v) is 10.8. The maximum atomic E-state index is 11.8. The molecule has 0 saturated carbocycles. The molecule has 19 heavy (non-hydrogen) atoms. The lowest BCUT2D eigenvalue weighted by atomic mass is 9.90. The van der Waals surface area contributed by atoms with Crippen molar-refractivity contribution in [1.29, 1.82) is 0 Å². The van der Waals surface area contributed by atoms with Crippen LogP contribution in [0, 0.1) is 0 Å². The molecule has 1 heterocycles. The standard InChI is InChI=1S/C15H17N3O/c16-11-7-5-10(6-8-11)9-14-12-3-1-2-4-13(12)15(19)18-17-14/h5-8H,1-4,9,16H2,(H,18,19). The summed E-state index contributed by atoms with van der Waals surface area (Å²) in [5.41, 5.74) is 10.7. The topological polar surface area (TPSA) is 71.8 Å². The lowest BCUT2D eigenvalue weighted by molar-refractivity contribution is 0.655. The number of nitrogens with one attached hydrogen (secondary N) is 1. The number of hydrogen-bond donors (Lipinski definition) is 2. The van der Waals surface area contributed by atoms with E-state index in [1.165, 1.54) is 5.56 Å². The Hall–Kier alpha value is -2.10. The minimum Gasteiger partial charge on any atom is -0.399 e. The Labute approximate surface area is 111 Å². The van der Waals surface area contributed by atoms with Crippen molar-refractivity contribution < 1.29 is 0 Å². The van der Waals surface area contributed by atoms with Crippen molar-refractivity contribution >= 4 is 5.69 Å². The predicted octanol–water partition coefficient (Wildman–Crippen LogP) is 1.82. The molecule has 0 spiro atoms. The Morgan fingerprint density at radius 1 is 1.11 bits per heavy atom.